The van der Waals surface area contributed by atoms with E-state index in [0.29, 0.717) is 12.8 Å². The summed E-state index contributed by atoms with van der Waals surface area (Å²) in [6.07, 6.45) is 25.5. The molecule has 0 radical (unpaired) electrons. The van der Waals surface area contributed by atoms with E-state index in [4.69, 9.17) is 18.9 Å². The van der Waals surface area contributed by atoms with Crippen molar-refractivity contribution in [1.82, 2.24) is 0 Å². The van der Waals surface area contributed by atoms with Crippen LogP contribution < -0.4 is 0 Å². The van der Waals surface area contributed by atoms with Crippen molar-refractivity contribution in [2.75, 3.05) is 19.0 Å². The number of hydrogen-bond acceptors (Lipinski definition) is 11. The standard InChI is InChI=1S/C43H80O12S/c1-3-5-7-9-11-13-15-17-18-19-20-22-23-25-27-29-31-38(44)52-33-36(34-53-43-42(48)41(47)40(46)37(55-43)35-56(49,50)51)54-39(45)32-30-28-26-24-21-16-14-12-10-8-6-4-2/h12,14,36-37,40-43,46-48H,3-11,13,15-35H2,1-2H3,(H,49,50,51)/b14-12+/t36-,37-,40-,41?,42?,43+/m1/s1. The fourth-order valence-corrected chi connectivity index (χ4v) is 7.54. The molecule has 4 N–H and O–H groups in total. The fourth-order valence-electron chi connectivity index (χ4n) is 6.85. The molecule has 0 spiro atoms. The zero-order valence-corrected chi connectivity index (χ0v) is 35.8. The van der Waals surface area contributed by atoms with Gasteiger partial charge in [0.05, 0.1) is 6.61 Å². The van der Waals surface area contributed by atoms with E-state index in [9.17, 15) is 37.9 Å². The summed E-state index contributed by atoms with van der Waals surface area (Å²) in [5.74, 6) is -1.98. The van der Waals surface area contributed by atoms with Crippen LogP contribution in [0.1, 0.15) is 194 Å². The van der Waals surface area contributed by atoms with Gasteiger partial charge in [-0.25, -0.2) is 0 Å². The Morgan fingerprint density at radius 2 is 1.02 bits per heavy atom. The van der Waals surface area contributed by atoms with E-state index in [2.05, 4.69) is 26.0 Å². The largest absolute Gasteiger partial charge is 0.462 e. The maximum atomic E-state index is 12.8. The third-order valence-corrected chi connectivity index (χ3v) is 11.1. The van der Waals surface area contributed by atoms with Gasteiger partial charge < -0.3 is 34.3 Å². The fraction of sp³-hybridized carbons (Fsp3) is 0.907. The average molecular weight is 821 g/mol. The topological polar surface area (TPSA) is 186 Å². The van der Waals surface area contributed by atoms with Crippen molar-refractivity contribution in [2.24, 2.45) is 0 Å². The summed E-state index contributed by atoms with van der Waals surface area (Å²) in [6.45, 7) is 3.73. The predicted molar refractivity (Wildman–Crippen MR) is 220 cm³/mol. The second-order valence-electron chi connectivity index (χ2n) is 15.7. The molecular formula is C43H80O12S. The van der Waals surface area contributed by atoms with Crippen molar-refractivity contribution < 1.29 is 56.8 Å². The maximum absolute atomic E-state index is 12.8. The van der Waals surface area contributed by atoms with Crippen LogP contribution in [-0.4, -0.2) is 96.0 Å². The molecule has 1 rings (SSSR count). The summed E-state index contributed by atoms with van der Waals surface area (Å²) in [6, 6.07) is 0. The molecule has 0 aromatic heterocycles. The maximum Gasteiger partial charge on any atom is 0.306 e. The first-order valence-corrected chi connectivity index (χ1v) is 23.9. The second kappa shape index (κ2) is 34.3. The molecule has 1 aliphatic rings. The predicted octanol–water partition coefficient (Wildman–Crippen LogP) is 8.67. The molecule has 2 unspecified atom stereocenters. The molecule has 56 heavy (non-hydrogen) atoms. The quantitative estimate of drug-likeness (QED) is 0.0203. The van der Waals surface area contributed by atoms with Crippen molar-refractivity contribution in [3.8, 4) is 0 Å². The molecule has 0 amide bonds. The van der Waals surface area contributed by atoms with Crippen LogP contribution in [-0.2, 0) is 38.7 Å². The minimum absolute atomic E-state index is 0.158. The Labute approximate surface area is 339 Å². The highest BCUT2D eigenvalue weighted by Crippen LogP contribution is 2.24. The smallest absolute Gasteiger partial charge is 0.306 e. The van der Waals surface area contributed by atoms with Crippen molar-refractivity contribution in [1.29, 1.82) is 0 Å². The van der Waals surface area contributed by atoms with Gasteiger partial charge in [-0.2, -0.15) is 8.42 Å². The molecule has 1 saturated heterocycles. The number of carbonyl (C=O) groups is 2. The van der Waals surface area contributed by atoms with Gasteiger partial charge in [-0.15, -0.1) is 0 Å². The Balaban J connectivity index is 2.44. The SMILES string of the molecule is CCCCC/C=C/CCCCCCCC(=O)O[C@H](COC(=O)CCCCCCCCCCCCCCCCCC)CO[C@H]1O[C@H](CS(=O)(=O)O)[C@@H](O)C(O)C1O. The number of ether oxygens (including phenoxy) is 4. The van der Waals surface area contributed by atoms with E-state index in [1.807, 2.05) is 0 Å². The normalized spacial score (nSPS) is 20.7. The van der Waals surface area contributed by atoms with E-state index < -0.39 is 71.2 Å². The summed E-state index contributed by atoms with van der Waals surface area (Å²) in [4.78, 5) is 25.3. The van der Waals surface area contributed by atoms with Gasteiger partial charge in [-0.1, -0.05) is 154 Å². The van der Waals surface area contributed by atoms with Gasteiger partial charge in [0.2, 0.25) is 0 Å². The molecule has 0 aromatic carbocycles. The second-order valence-corrected chi connectivity index (χ2v) is 17.2. The number of carbonyl (C=O) groups excluding carboxylic acids is 2. The van der Waals surface area contributed by atoms with E-state index in [0.717, 1.165) is 57.8 Å². The van der Waals surface area contributed by atoms with Crippen LogP contribution in [0.3, 0.4) is 0 Å². The first-order valence-electron chi connectivity index (χ1n) is 22.2. The van der Waals surface area contributed by atoms with Crippen LogP contribution in [0.5, 0.6) is 0 Å². The van der Waals surface area contributed by atoms with E-state index in [1.165, 1.54) is 96.3 Å². The highest BCUT2D eigenvalue weighted by molar-refractivity contribution is 7.85. The van der Waals surface area contributed by atoms with Crippen LogP contribution in [0, 0.1) is 0 Å². The number of allylic oxidation sites excluding steroid dienone is 2. The average Bonchev–Trinajstić information content (AvgIpc) is 3.16. The molecule has 6 atom stereocenters. The number of hydrogen-bond donors (Lipinski definition) is 4. The Morgan fingerprint density at radius 3 is 1.52 bits per heavy atom. The van der Waals surface area contributed by atoms with Crippen LogP contribution >= 0.6 is 0 Å². The highest BCUT2D eigenvalue weighted by Gasteiger charge is 2.46. The van der Waals surface area contributed by atoms with Gasteiger partial charge in [-0.05, 0) is 38.5 Å². The van der Waals surface area contributed by atoms with Gasteiger partial charge >= 0.3 is 11.9 Å². The lowest BCUT2D eigenvalue weighted by atomic mass is 10.00. The Kier molecular flexibility index (Phi) is 32.1. The van der Waals surface area contributed by atoms with Crippen LogP contribution in [0.2, 0.25) is 0 Å². The number of esters is 2. The Morgan fingerprint density at radius 1 is 0.589 bits per heavy atom. The number of rotatable bonds is 37. The monoisotopic (exact) mass is 821 g/mol. The molecule has 0 aromatic rings. The summed E-state index contributed by atoms with van der Waals surface area (Å²) < 4.78 is 54.0. The molecule has 0 saturated carbocycles. The molecule has 1 fully saturated rings. The van der Waals surface area contributed by atoms with Crippen LogP contribution in [0.4, 0.5) is 0 Å². The number of aliphatic hydroxyl groups is 3. The van der Waals surface area contributed by atoms with E-state index >= 15 is 0 Å². The Bertz CT molecular complexity index is 1100. The van der Waals surface area contributed by atoms with Gasteiger partial charge in [0, 0.05) is 12.8 Å². The van der Waals surface area contributed by atoms with E-state index in [1.54, 1.807) is 0 Å². The molecular weight excluding hydrogens is 741 g/mol. The van der Waals surface area contributed by atoms with Crippen molar-refractivity contribution in [3.05, 3.63) is 12.2 Å². The third-order valence-electron chi connectivity index (χ3n) is 10.3. The highest BCUT2D eigenvalue weighted by atomic mass is 32.2. The van der Waals surface area contributed by atoms with Crippen molar-refractivity contribution in [2.45, 2.75) is 230 Å². The molecule has 1 heterocycles. The van der Waals surface area contributed by atoms with Crippen molar-refractivity contribution in [3.63, 3.8) is 0 Å². The summed E-state index contributed by atoms with van der Waals surface area (Å²) in [5.41, 5.74) is 0. The molecule has 0 bridgehead atoms. The van der Waals surface area contributed by atoms with Crippen LogP contribution in [0.25, 0.3) is 0 Å². The lowest BCUT2D eigenvalue weighted by molar-refractivity contribution is -0.297. The molecule has 1 aliphatic heterocycles. The first kappa shape index (κ1) is 52.4. The summed E-state index contributed by atoms with van der Waals surface area (Å²) >= 11 is 0. The molecule has 13 heteroatoms. The summed E-state index contributed by atoms with van der Waals surface area (Å²) in [5, 5.41) is 30.8. The number of unbranched alkanes of at least 4 members (excludes halogenated alkanes) is 23. The van der Waals surface area contributed by atoms with Crippen molar-refractivity contribution >= 4 is 22.1 Å². The minimum Gasteiger partial charge on any atom is -0.462 e. The van der Waals surface area contributed by atoms with Gasteiger partial charge in [0.15, 0.2) is 12.4 Å². The zero-order valence-electron chi connectivity index (χ0n) is 35.0. The molecule has 12 nitrogen and oxygen atoms in total. The number of aliphatic hydroxyl groups excluding tert-OH is 3. The first-order chi connectivity index (χ1) is 27.0. The van der Waals surface area contributed by atoms with Gasteiger partial charge in [0.1, 0.15) is 36.8 Å². The minimum atomic E-state index is -4.60. The third kappa shape index (κ3) is 28.7. The van der Waals surface area contributed by atoms with Gasteiger partial charge in [-0.3, -0.25) is 14.1 Å². The molecule has 0 aliphatic carbocycles. The lowest BCUT2D eigenvalue weighted by Crippen LogP contribution is -2.60. The summed E-state index contributed by atoms with van der Waals surface area (Å²) in [7, 11) is -4.60. The lowest BCUT2D eigenvalue weighted by Gasteiger charge is -2.40. The Hall–Kier alpha value is -1.61. The zero-order chi connectivity index (χ0) is 41.3. The van der Waals surface area contributed by atoms with Crippen LogP contribution in [0.15, 0.2) is 12.2 Å². The molecule has 330 valence electrons. The van der Waals surface area contributed by atoms with Gasteiger partial charge in [0.25, 0.3) is 10.1 Å². The van der Waals surface area contributed by atoms with E-state index in [-0.39, 0.29) is 19.4 Å².